The number of benzene rings is 1. The topological polar surface area (TPSA) is 54.7 Å². The number of aryl methyl sites for hydroxylation is 1. The SMILES string of the molecule is Cc1nc2ccc(/C=C/CCC(C)N)cc2[nH]1. The number of nitrogens with zero attached hydrogens (tertiary/aromatic N) is 1. The van der Waals surface area contributed by atoms with Gasteiger partial charge in [-0.15, -0.1) is 0 Å². The van der Waals surface area contributed by atoms with E-state index in [0.717, 1.165) is 29.7 Å². The van der Waals surface area contributed by atoms with Gasteiger partial charge in [-0.3, -0.25) is 0 Å². The maximum Gasteiger partial charge on any atom is 0.104 e. The van der Waals surface area contributed by atoms with Crippen LogP contribution in [0.3, 0.4) is 0 Å². The Bertz CT molecular complexity index is 523. The molecule has 3 nitrogen and oxygen atoms in total. The van der Waals surface area contributed by atoms with E-state index in [9.17, 15) is 0 Å². The van der Waals surface area contributed by atoms with Crippen molar-refractivity contribution in [3.8, 4) is 0 Å². The van der Waals surface area contributed by atoms with Gasteiger partial charge in [0.25, 0.3) is 0 Å². The molecule has 3 N–H and O–H groups in total. The molecule has 1 aromatic heterocycles. The maximum atomic E-state index is 5.70. The minimum Gasteiger partial charge on any atom is -0.342 e. The first-order chi connectivity index (χ1) is 8.15. The van der Waals surface area contributed by atoms with Crippen molar-refractivity contribution in [3.63, 3.8) is 0 Å². The second kappa shape index (κ2) is 5.15. The number of imidazole rings is 1. The molecule has 0 saturated heterocycles. The van der Waals surface area contributed by atoms with E-state index in [4.69, 9.17) is 5.73 Å². The van der Waals surface area contributed by atoms with Crippen LogP contribution >= 0.6 is 0 Å². The largest absolute Gasteiger partial charge is 0.342 e. The number of rotatable bonds is 4. The second-order valence-corrected chi connectivity index (χ2v) is 4.56. The average molecular weight is 229 g/mol. The zero-order valence-electron chi connectivity index (χ0n) is 10.4. The molecule has 0 aliphatic rings. The molecule has 0 radical (unpaired) electrons. The summed E-state index contributed by atoms with van der Waals surface area (Å²) < 4.78 is 0. The number of aromatic amines is 1. The number of H-pyrrole nitrogens is 1. The fourth-order valence-corrected chi connectivity index (χ4v) is 1.84. The molecule has 2 aromatic rings. The first-order valence-electron chi connectivity index (χ1n) is 6.03. The van der Waals surface area contributed by atoms with E-state index in [1.165, 1.54) is 5.56 Å². The van der Waals surface area contributed by atoms with Gasteiger partial charge in [0.05, 0.1) is 11.0 Å². The normalized spacial score (nSPS) is 13.6. The number of nitrogens with one attached hydrogen (secondary N) is 1. The lowest BCUT2D eigenvalue weighted by Crippen LogP contribution is -2.13. The molecule has 90 valence electrons. The molecule has 1 heterocycles. The van der Waals surface area contributed by atoms with Crippen LogP contribution in [0.2, 0.25) is 0 Å². The van der Waals surface area contributed by atoms with Gasteiger partial charge in [-0.2, -0.15) is 0 Å². The van der Waals surface area contributed by atoms with Gasteiger partial charge >= 0.3 is 0 Å². The summed E-state index contributed by atoms with van der Waals surface area (Å²) in [4.78, 5) is 7.62. The second-order valence-electron chi connectivity index (χ2n) is 4.56. The summed E-state index contributed by atoms with van der Waals surface area (Å²) >= 11 is 0. The summed E-state index contributed by atoms with van der Waals surface area (Å²) in [5, 5.41) is 0. The Morgan fingerprint density at radius 1 is 1.47 bits per heavy atom. The highest BCUT2D eigenvalue weighted by Gasteiger charge is 1.98. The predicted octanol–water partition coefficient (Wildman–Crippen LogP) is 3.01. The van der Waals surface area contributed by atoms with E-state index in [1.54, 1.807) is 0 Å². The monoisotopic (exact) mass is 229 g/mol. The van der Waals surface area contributed by atoms with E-state index < -0.39 is 0 Å². The third-order valence-corrected chi connectivity index (χ3v) is 2.72. The Kier molecular flexibility index (Phi) is 3.59. The van der Waals surface area contributed by atoms with E-state index in [-0.39, 0.29) is 6.04 Å². The molecule has 0 saturated carbocycles. The molecular formula is C14H19N3. The third-order valence-electron chi connectivity index (χ3n) is 2.72. The summed E-state index contributed by atoms with van der Waals surface area (Å²) in [5.41, 5.74) is 9.02. The molecular weight excluding hydrogens is 210 g/mol. The summed E-state index contributed by atoms with van der Waals surface area (Å²) in [7, 11) is 0. The lowest BCUT2D eigenvalue weighted by molar-refractivity contribution is 0.677. The number of hydrogen-bond donors (Lipinski definition) is 2. The third kappa shape index (κ3) is 3.17. The van der Waals surface area contributed by atoms with Crippen LogP contribution in [0, 0.1) is 6.92 Å². The zero-order chi connectivity index (χ0) is 12.3. The van der Waals surface area contributed by atoms with Gasteiger partial charge in [0.2, 0.25) is 0 Å². The number of fused-ring (bicyclic) bond motifs is 1. The van der Waals surface area contributed by atoms with Gasteiger partial charge < -0.3 is 10.7 Å². The molecule has 1 aromatic carbocycles. The van der Waals surface area contributed by atoms with Gasteiger partial charge in [0, 0.05) is 6.04 Å². The van der Waals surface area contributed by atoms with Crippen molar-refractivity contribution in [2.45, 2.75) is 32.7 Å². The van der Waals surface area contributed by atoms with Crippen LogP contribution in [-0.4, -0.2) is 16.0 Å². The molecule has 0 amide bonds. The molecule has 1 unspecified atom stereocenters. The van der Waals surface area contributed by atoms with E-state index >= 15 is 0 Å². The zero-order valence-corrected chi connectivity index (χ0v) is 10.4. The smallest absolute Gasteiger partial charge is 0.104 e. The van der Waals surface area contributed by atoms with Crippen molar-refractivity contribution < 1.29 is 0 Å². The molecule has 0 aliphatic carbocycles. The van der Waals surface area contributed by atoms with Crippen LogP contribution in [0.1, 0.15) is 31.2 Å². The maximum absolute atomic E-state index is 5.70. The van der Waals surface area contributed by atoms with Gasteiger partial charge in [0.1, 0.15) is 5.82 Å². The summed E-state index contributed by atoms with van der Waals surface area (Å²) in [6.45, 7) is 4.01. The van der Waals surface area contributed by atoms with Crippen molar-refractivity contribution in [2.24, 2.45) is 5.73 Å². The fraction of sp³-hybridized carbons (Fsp3) is 0.357. The van der Waals surface area contributed by atoms with Crippen molar-refractivity contribution in [2.75, 3.05) is 0 Å². The minimum absolute atomic E-state index is 0.275. The van der Waals surface area contributed by atoms with Crippen LogP contribution in [0.5, 0.6) is 0 Å². The first-order valence-corrected chi connectivity index (χ1v) is 6.03. The van der Waals surface area contributed by atoms with Crippen LogP contribution < -0.4 is 5.73 Å². The molecule has 1 atom stereocenters. The van der Waals surface area contributed by atoms with Crippen molar-refractivity contribution >= 4 is 17.1 Å². The molecule has 0 fully saturated rings. The molecule has 3 heteroatoms. The quantitative estimate of drug-likeness (QED) is 0.846. The minimum atomic E-state index is 0.275. The van der Waals surface area contributed by atoms with Crippen molar-refractivity contribution in [1.82, 2.24) is 9.97 Å². The van der Waals surface area contributed by atoms with E-state index in [2.05, 4.69) is 34.3 Å². The highest BCUT2D eigenvalue weighted by molar-refractivity contribution is 5.78. The molecule has 0 bridgehead atoms. The lowest BCUT2D eigenvalue weighted by atomic mass is 10.1. The average Bonchev–Trinajstić information content (AvgIpc) is 2.63. The van der Waals surface area contributed by atoms with E-state index in [0.29, 0.717) is 0 Å². The van der Waals surface area contributed by atoms with Crippen LogP contribution in [0.4, 0.5) is 0 Å². The molecule has 0 spiro atoms. The van der Waals surface area contributed by atoms with Gasteiger partial charge in [-0.25, -0.2) is 4.98 Å². The van der Waals surface area contributed by atoms with Gasteiger partial charge in [-0.1, -0.05) is 18.2 Å². The molecule has 0 aliphatic heterocycles. The van der Waals surface area contributed by atoms with Crippen LogP contribution in [0.25, 0.3) is 17.1 Å². The molecule has 2 rings (SSSR count). The highest BCUT2D eigenvalue weighted by Crippen LogP contribution is 2.14. The van der Waals surface area contributed by atoms with E-state index in [1.807, 2.05) is 19.9 Å². The Hall–Kier alpha value is -1.61. The van der Waals surface area contributed by atoms with Crippen molar-refractivity contribution in [3.05, 3.63) is 35.7 Å². The fourth-order valence-electron chi connectivity index (χ4n) is 1.84. The Labute approximate surface area is 102 Å². The van der Waals surface area contributed by atoms with Crippen molar-refractivity contribution in [1.29, 1.82) is 0 Å². The van der Waals surface area contributed by atoms with Gasteiger partial charge in [-0.05, 0) is 44.4 Å². The molecule has 17 heavy (non-hydrogen) atoms. The standard InChI is InChI=1S/C14H19N3/c1-10(15)5-3-4-6-12-7-8-13-14(9-12)17-11(2)16-13/h4,6-10H,3,5,15H2,1-2H3,(H,16,17)/b6-4+. The number of aromatic nitrogens is 2. The first kappa shape index (κ1) is 11.9. The number of hydrogen-bond acceptors (Lipinski definition) is 2. The Morgan fingerprint density at radius 3 is 3.06 bits per heavy atom. The summed E-state index contributed by atoms with van der Waals surface area (Å²) in [6.07, 6.45) is 6.37. The van der Waals surface area contributed by atoms with Crippen LogP contribution in [0.15, 0.2) is 24.3 Å². The predicted molar refractivity (Wildman–Crippen MR) is 72.7 cm³/mol. The Balaban J connectivity index is 2.08. The lowest BCUT2D eigenvalue weighted by Gasteiger charge is -1.99. The van der Waals surface area contributed by atoms with Crippen LogP contribution in [-0.2, 0) is 0 Å². The summed E-state index contributed by atoms with van der Waals surface area (Å²) in [5.74, 6) is 0.957. The van der Waals surface area contributed by atoms with Gasteiger partial charge in [0.15, 0.2) is 0 Å². The summed E-state index contributed by atoms with van der Waals surface area (Å²) in [6, 6.07) is 6.53. The highest BCUT2D eigenvalue weighted by atomic mass is 14.9. The number of allylic oxidation sites excluding steroid dienone is 1. The Morgan fingerprint density at radius 2 is 2.29 bits per heavy atom. The number of nitrogens with two attached hydrogens (primary N) is 1.